The zero-order valence-electron chi connectivity index (χ0n) is 15.1. The Morgan fingerprint density at radius 1 is 1.16 bits per heavy atom. The number of aliphatic imine (C=N–C) groups is 1. The molecule has 0 aliphatic carbocycles. The Balaban J connectivity index is 0.00000312. The molecule has 0 spiro atoms. The van der Waals surface area contributed by atoms with Crippen molar-refractivity contribution in [2.24, 2.45) is 4.99 Å². The van der Waals surface area contributed by atoms with E-state index in [4.69, 9.17) is 0 Å². The van der Waals surface area contributed by atoms with Gasteiger partial charge in [-0.25, -0.2) is 9.98 Å². The number of rotatable bonds is 9. The second-order valence-electron chi connectivity index (χ2n) is 5.72. The molecular formula is C18H29IN6. The van der Waals surface area contributed by atoms with Crippen molar-refractivity contribution in [1.29, 1.82) is 0 Å². The molecule has 0 saturated heterocycles. The average Bonchev–Trinajstić information content (AvgIpc) is 3.14. The number of benzene rings is 1. The van der Waals surface area contributed by atoms with E-state index in [0.717, 1.165) is 36.0 Å². The number of hydrogen-bond donors (Lipinski definition) is 3. The molecule has 138 valence electrons. The minimum atomic E-state index is 0. The van der Waals surface area contributed by atoms with Gasteiger partial charge in [0.05, 0.1) is 6.54 Å². The van der Waals surface area contributed by atoms with Crippen LogP contribution in [0.25, 0.3) is 11.4 Å². The molecular weight excluding hydrogens is 427 g/mol. The third kappa shape index (κ3) is 7.85. The predicted molar refractivity (Wildman–Crippen MR) is 114 cm³/mol. The molecule has 3 N–H and O–H groups in total. The van der Waals surface area contributed by atoms with Crippen LogP contribution in [0.3, 0.4) is 0 Å². The van der Waals surface area contributed by atoms with E-state index in [1.807, 2.05) is 12.1 Å². The Labute approximate surface area is 167 Å². The summed E-state index contributed by atoms with van der Waals surface area (Å²) in [5.74, 6) is 1.65. The van der Waals surface area contributed by atoms with Gasteiger partial charge in [0, 0.05) is 18.7 Å². The van der Waals surface area contributed by atoms with Gasteiger partial charge in [-0.2, -0.15) is 5.10 Å². The highest BCUT2D eigenvalue weighted by Gasteiger charge is 2.02. The summed E-state index contributed by atoms with van der Waals surface area (Å²) >= 11 is 0. The van der Waals surface area contributed by atoms with Crippen LogP contribution in [0.1, 0.15) is 45.1 Å². The monoisotopic (exact) mass is 456 g/mol. The van der Waals surface area contributed by atoms with E-state index in [1.54, 1.807) is 0 Å². The van der Waals surface area contributed by atoms with E-state index in [-0.39, 0.29) is 24.0 Å². The standard InChI is InChI=1S/C18H28N6.HI/c1-3-5-6-7-11-20-18(19-4-2)21-13-15-9-8-10-16(12-15)17-22-14-23-24-17;/h8-10,12,14H,3-7,11,13H2,1-2H3,(H2,19,20,21)(H,22,23,24);1H. The number of hydrogen-bond acceptors (Lipinski definition) is 3. The second kappa shape index (κ2) is 12.7. The minimum Gasteiger partial charge on any atom is -0.357 e. The molecule has 0 atom stereocenters. The van der Waals surface area contributed by atoms with Crippen molar-refractivity contribution in [1.82, 2.24) is 25.8 Å². The summed E-state index contributed by atoms with van der Waals surface area (Å²) < 4.78 is 0. The van der Waals surface area contributed by atoms with Gasteiger partial charge < -0.3 is 10.6 Å². The number of guanidine groups is 1. The molecule has 0 aliphatic rings. The van der Waals surface area contributed by atoms with Crippen LogP contribution >= 0.6 is 24.0 Å². The van der Waals surface area contributed by atoms with Gasteiger partial charge in [-0.15, -0.1) is 24.0 Å². The number of nitrogens with zero attached hydrogens (tertiary/aromatic N) is 3. The summed E-state index contributed by atoms with van der Waals surface area (Å²) in [6.45, 7) is 6.76. The van der Waals surface area contributed by atoms with E-state index >= 15 is 0 Å². The van der Waals surface area contributed by atoms with Gasteiger partial charge in [-0.3, -0.25) is 5.10 Å². The van der Waals surface area contributed by atoms with Crippen molar-refractivity contribution in [3.8, 4) is 11.4 Å². The molecule has 0 fully saturated rings. The zero-order chi connectivity index (χ0) is 17.0. The first kappa shape index (κ1) is 21.4. The molecule has 0 saturated carbocycles. The lowest BCUT2D eigenvalue weighted by atomic mass is 10.1. The van der Waals surface area contributed by atoms with E-state index < -0.39 is 0 Å². The number of aromatic nitrogens is 3. The van der Waals surface area contributed by atoms with Crippen LogP contribution in [0.2, 0.25) is 0 Å². The predicted octanol–water partition coefficient (Wildman–Crippen LogP) is 3.73. The maximum atomic E-state index is 4.67. The molecule has 2 rings (SSSR count). The topological polar surface area (TPSA) is 78.0 Å². The van der Waals surface area contributed by atoms with Crippen LogP contribution in [0.4, 0.5) is 0 Å². The molecule has 0 bridgehead atoms. The molecule has 6 nitrogen and oxygen atoms in total. The summed E-state index contributed by atoms with van der Waals surface area (Å²) in [5, 5.41) is 13.5. The van der Waals surface area contributed by atoms with Crippen molar-refractivity contribution in [2.75, 3.05) is 13.1 Å². The molecule has 1 aromatic carbocycles. The fraction of sp³-hybridized carbons (Fsp3) is 0.500. The van der Waals surface area contributed by atoms with Crippen LogP contribution < -0.4 is 10.6 Å². The zero-order valence-corrected chi connectivity index (χ0v) is 17.4. The first-order valence-electron chi connectivity index (χ1n) is 8.80. The molecule has 1 aromatic heterocycles. The lowest BCUT2D eigenvalue weighted by Crippen LogP contribution is -2.37. The Hall–Kier alpha value is -1.64. The Morgan fingerprint density at radius 3 is 2.76 bits per heavy atom. The Bertz CT molecular complexity index is 612. The fourth-order valence-electron chi connectivity index (χ4n) is 2.43. The highest BCUT2D eigenvalue weighted by Crippen LogP contribution is 2.15. The summed E-state index contributed by atoms with van der Waals surface area (Å²) in [7, 11) is 0. The van der Waals surface area contributed by atoms with Gasteiger partial charge in [-0.1, -0.05) is 44.4 Å². The van der Waals surface area contributed by atoms with Gasteiger partial charge in [-0.05, 0) is 25.0 Å². The Morgan fingerprint density at radius 2 is 2.04 bits per heavy atom. The molecule has 0 radical (unpaired) electrons. The third-order valence-electron chi connectivity index (χ3n) is 3.70. The average molecular weight is 456 g/mol. The van der Waals surface area contributed by atoms with E-state index in [2.05, 4.69) is 56.8 Å². The normalized spacial score (nSPS) is 11.0. The lowest BCUT2D eigenvalue weighted by Gasteiger charge is -2.11. The first-order valence-corrected chi connectivity index (χ1v) is 8.80. The number of aromatic amines is 1. The minimum absolute atomic E-state index is 0. The van der Waals surface area contributed by atoms with Crippen molar-refractivity contribution >= 4 is 29.9 Å². The van der Waals surface area contributed by atoms with Crippen LogP contribution in [0, 0.1) is 0 Å². The number of unbranched alkanes of at least 4 members (excludes halogenated alkanes) is 3. The highest BCUT2D eigenvalue weighted by molar-refractivity contribution is 14.0. The molecule has 7 heteroatoms. The number of halogens is 1. The number of nitrogens with one attached hydrogen (secondary N) is 3. The summed E-state index contributed by atoms with van der Waals surface area (Å²) in [4.78, 5) is 8.86. The largest absolute Gasteiger partial charge is 0.357 e. The Kier molecular flexibility index (Phi) is 10.9. The van der Waals surface area contributed by atoms with E-state index in [0.29, 0.717) is 6.54 Å². The first-order chi connectivity index (χ1) is 11.8. The SMILES string of the molecule is CCCCCCNC(=NCc1cccc(-c2ncn[nH]2)c1)NCC.I. The highest BCUT2D eigenvalue weighted by atomic mass is 127. The molecule has 2 aromatic rings. The molecule has 0 unspecified atom stereocenters. The number of H-pyrrole nitrogens is 1. The van der Waals surface area contributed by atoms with Gasteiger partial charge in [0.25, 0.3) is 0 Å². The van der Waals surface area contributed by atoms with E-state index in [9.17, 15) is 0 Å². The molecule has 1 heterocycles. The fourth-order valence-corrected chi connectivity index (χ4v) is 2.43. The van der Waals surface area contributed by atoms with Gasteiger partial charge in [0.2, 0.25) is 0 Å². The van der Waals surface area contributed by atoms with Crippen molar-refractivity contribution in [3.05, 3.63) is 36.2 Å². The maximum absolute atomic E-state index is 4.67. The van der Waals surface area contributed by atoms with Crippen molar-refractivity contribution in [3.63, 3.8) is 0 Å². The summed E-state index contributed by atoms with van der Waals surface area (Å²) in [5.41, 5.74) is 2.17. The van der Waals surface area contributed by atoms with Gasteiger partial charge in [0.1, 0.15) is 6.33 Å². The molecule has 0 aliphatic heterocycles. The quantitative estimate of drug-likeness (QED) is 0.233. The van der Waals surface area contributed by atoms with Crippen LogP contribution in [-0.4, -0.2) is 34.2 Å². The van der Waals surface area contributed by atoms with E-state index in [1.165, 1.54) is 32.0 Å². The third-order valence-corrected chi connectivity index (χ3v) is 3.70. The summed E-state index contributed by atoms with van der Waals surface area (Å²) in [6, 6.07) is 8.21. The molecule has 0 amide bonds. The maximum Gasteiger partial charge on any atom is 0.191 e. The van der Waals surface area contributed by atoms with Crippen LogP contribution in [0.5, 0.6) is 0 Å². The summed E-state index contributed by atoms with van der Waals surface area (Å²) in [6.07, 6.45) is 6.52. The van der Waals surface area contributed by atoms with Crippen molar-refractivity contribution < 1.29 is 0 Å². The lowest BCUT2D eigenvalue weighted by molar-refractivity contribution is 0.647. The van der Waals surface area contributed by atoms with Gasteiger partial charge >= 0.3 is 0 Å². The van der Waals surface area contributed by atoms with Crippen molar-refractivity contribution in [2.45, 2.75) is 46.1 Å². The van der Waals surface area contributed by atoms with Gasteiger partial charge in [0.15, 0.2) is 11.8 Å². The van der Waals surface area contributed by atoms with Crippen LogP contribution in [-0.2, 0) is 6.54 Å². The second-order valence-corrected chi connectivity index (χ2v) is 5.72. The van der Waals surface area contributed by atoms with Crippen LogP contribution in [0.15, 0.2) is 35.6 Å². The molecule has 25 heavy (non-hydrogen) atoms. The smallest absolute Gasteiger partial charge is 0.191 e.